The van der Waals surface area contributed by atoms with E-state index in [9.17, 15) is 23.1 Å². The lowest BCUT2D eigenvalue weighted by atomic mass is 9.82. The molecule has 1 aliphatic rings. The van der Waals surface area contributed by atoms with Gasteiger partial charge in [-0.15, -0.1) is 0 Å². The van der Waals surface area contributed by atoms with Gasteiger partial charge < -0.3 is 9.67 Å². The maximum Gasteiger partial charge on any atom is 0.416 e. The first-order chi connectivity index (χ1) is 18.0. The Balaban J connectivity index is 1.92. The van der Waals surface area contributed by atoms with Gasteiger partial charge in [0, 0.05) is 28.4 Å². The van der Waals surface area contributed by atoms with Gasteiger partial charge in [-0.05, 0) is 84.5 Å². The molecule has 0 amide bonds. The first kappa shape index (κ1) is 28.3. The van der Waals surface area contributed by atoms with E-state index in [4.69, 9.17) is 11.6 Å². The Bertz CT molecular complexity index is 1280. The number of carboxylic acid groups (broad SMARTS) is 1. The van der Waals surface area contributed by atoms with Crippen LogP contribution in [0, 0.1) is 5.92 Å². The maximum atomic E-state index is 13.3. The number of rotatable bonds is 9. The zero-order chi connectivity index (χ0) is 27.6. The molecule has 0 spiro atoms. The summed E-state index contributed by atoms with van der Waals surface area (Å²) in [5.74, 6) is -0.574. The largest absolute Gasteiger partial charge is 0.481 e. The molecule has 0 saturated carbocycles. The number of hydrogen-bond donors (Lipinski definition) is 1. The number of benzene rings is 2. The molecule has 0 bridgehead atoms. The third-order valence-electron chi connectivity index (χ3n) is 7.47. The minimum Gasteiger partial charge on any atom is -0.481 e. The number of halogens is 4. The number of alkyl halides is 3. The van der Waals surface area contributed by atoms with Gasteiger partial charge in [0.15, 0.2) is 0 Å². The molecule has 1 aliphatic carbocycles. The summed E-state index contributed by atoms with van der Waals surface area (Å²) in [6.07, 6.45) is 2.67. The van der Waals surface area contributed by atoms with Crippen LogP contribution in [-0.4, -0.2) is 15.6 Å². The Hall–Kier alpha value is -2.73. The van der Waals surface area contributed by atoms with E-state index in [0.717, 1.165) is 84.2 Å². The molecular weight excluding hydrogens is 511 g/mol. The van der Waals surface area contributed by atoms with E-state index in [1.54, 1.807) is 12.1 Å². The van der Waals surface area contributed by atoms with E-state index in [1.807, 2.05) is 18.2 Å². The van der Waals surface area contributed by atoms with Crippen LogP contribution in [0.15, 0.2) is 48.7 Å². The van der Waals surface area contributed by atoms with Gasteiger partial charge >= 0.3 is 12.1 Å². The van der Waals surface area contributed by atoms with Crippen LogP contribution >= 0.6 is 11.6 Å². The Morgan fingerprint density at radius 1 is 1.13 bits per heavy atom. The van der Waals surface area contributed by atoms with Gasteiger partial charge in [-0.2, -0.15) is 13.2 Å². The maximum absolute atomic E-state index is 13.3. The van der Waals surface area contributed by atoms with Gasteiger partial charge in [-0.1, -0.05) is 57.0 Å². The molecule has 0 saturated heterocycles. The lowest BCUT2D eigenvalue weighted by Gasteiger charge is -2.29. The highest BCUT2D eigenvalue weighted by atomic mass is 35.5. The predicted octanol–water partition coefficient (Wildman–Crippen LogP) is 9.31. The minimum absolute atomic E-state index is 0.0295. The van der Waals surface area contributed by atoms with Crippen molar-refractivity contribution in [3.63, 3.8) is 0 Å². The van der Waals surface area contributed by atoms with Crippen LogP contribution in [0.1, 0.15) is 92.8 Å². The highest BCUT2D eigenvalue weighted by Crippen LogP contribution is 2.45. The number of fused-ring (bicyclic) bond motifs is 1. The molecule has 0 radical (unpaired) electrons. The lowest BCUT2D eigenvalue weighted by Crippen LogP contribution is -2.20. The summed E-state index contributed by atoms with van der Waals surface area (Å²) in [4.78, 5) is 11.8. The number of carboxylic acids is 1. The zero-order valence-corrected chi connectivity index (χ0v) is 22.9. The predicted molar refractivity (Wildman–Crippen MR) is 146 cm³/mol. The monoisotopic (exact) mass is 545 g/mol. The molecule has 1 heterocycles. The smallest absolute Gasteiger partial charge is 0.416 e. The SMILES string of the molecule is CCCC(c1ccc(C(F)(F)F)cc1)n1cc(-c2ccc(Cl)cc2CC(C)C)c2c1C(CC(=O)O)CCC2. The van der Waals surface area contributed by atoms with E-state index in [1.165, 1.54) is 0 Å². The van der Waals surface area contributed by atoms with Crippen molar-refractivity contribution in [2.75, 3.05) is 0 Å². The third kappa shape index (κ3) is 6.12. The molecule has 3 nitrogen and oxygen atoms in total. The number of carbonyl (C=O) groups is 1. The summed E-state index contributed by atoms with van der Waals surface area (Å²) in [6.45, 7) is 6.38. The van der Waals surface area contributed by atoms with Gasteiger partial charge in [0.1, 0.15) is 0 Å². The standard InChI is InChI=1S/C31H35ClF3NO2/c1-4-6-28(20-9-11-23(12-10-20)31(33,34)35)36-18-27(25-14-13-24(32)16-22(25)15-19(2)3)26-8-5-7-21(30(26)36)17-29(37)38/h9-14,16,18-19,21,28H,4-8,15,17H2,1-3H3,(H,37,38). The number of nitrogens with zero attached hydrogens (tertiary/aromatic N) is 1. The Morgan fingerprint density at radius 3 is 2.45 bits per heavy atom. The summed E-state index contributed by atoms with van der Waals surface area (Å²) in [7, 11) is 0. The number of aliphatic carboxylic acids is 1. The van der Waals surface area contributed by atoms with Crippen molar-refractivity contribution in [2.45, 2.75) is 83.9 Å². The van der Waals surface area contributed by atoms with Crippen molar-refractivity contribution in [1.29, 1.82) is 0 Å². The van der Waals surface area contributed by atoms with Crippen molar-refractivity contribution in [3.8, 4) is 11.1 Å². The van der Waals surface area contributed by atoms with Gasteiger partial charge in [-0.25, -0.2) is 0 Å². The topological polar surface area (TPSA) is 42.2 Å². The van der Waals surface area contributed by atoms with Gasteiger partial charge in [0.25, 0.3) is 0 Å². The van der Waals surface area contributed by atoms with Crippen LogP contribution in [0.25, 0.3) is 11.1 Å². The fourth-order valence-corrected chi connectivity index (χ4v) is 6.12. The Kier molecular flexibility index (Phi) is 8.61. The van der Waals surface area contributed by atoms with Gasteiger partial charge in [-0.3, -0.25) is 4.79 Å². The van der Waals surface area contributed by atoms with Crippen LogP contribution in [-0.2, 0) is 23.8 Å². The van der Waals surface area contributed by atoms with Crippen molar-refractivity contribution in [3.05, 3.63) is 81.6 Å². The normalized spacial score (nSPS) is 16.5. The summed E-state index contributed by atoms with van der Waals surface area (Å²) in [6, 6.07) is 11.2. The van der Waals surface area contributed by atoms with E-state index in [-0.39, 0.29) is 18.4 Å². The van der Waals surface area contributed by atoms with Crippen LogP contribution < -0.4 is 0 Å². The van der Waals surface area contributed by atoms with E-state index in [0.29, 0.717) is 10.9 Å². The average Bonchev–Trinajstić information content (AvgIpc) is 3.22. The lowest BCUT2D eigenvalue weighted by molar-refractivity contribution is -0.138. The van der Waals surface area contributed by atoms with Crippen LogP contribution in [0.4, 0.5) is 13.2 Å². The van der Waals surface area contributed by atoms with Gasteiger partial charge in [0.05, 0.1) is 18.0 Å². The quantitative estimate of drug-likeness (QED) is 0.291. The van der Waals surface area contributed by atoms with Crippen LogP contribution in [0.3, 0.4) is 0 Å². The van der Waals surface area contributed by atoms with Gasteiger partial charge in [0.2, 0.25) is 0 Å². The molecule has 38 heavy (non-hydrogen) atoms. The first-order valence-electron chi connectivity index (χ1n) is 13.4. The zero-order valence-electron chi connectivity index (χ0n) is 22.1. The Morgan fingerprint density at radius 2 is 1.84 bits per heavy atom. The summed E-state index contributed by atoms with van der Waals surface area (Å²) < 4.78 is 42.0. The molecule has 7 heteroatoms. The third-order valence-corrected chi connectivity index (χ3v) is 7.71. The molecular formula is C31H35ClF3NO2. The molecule has 1 N–H and O–H groups in total. The summed E-state index contributed by atoms with van der Waals surface area (Å²) in [5, 5.41) is 10.4. The molecule has 0 fully saturated rings. The second-order valence-electron chi connectivity index (χ2n) is 10.8. The van der Waals surface area contributed by atoms with Crippen molar-refractivity contribution in [1.82, 2.24) is 4.57 Å². The first-order valence-corrected chi connectivity index (χ1v) is 13.8. The molecule has 2 atom stereocenters. The fourth-order valence-electron chi connectivity index (χ4n) is 5.93. The second kappa shape index (κ2) is 11.6. The number of hydrogen-bond acceptors (Lipinski definition) is 1. The molecule has 0 aliphatic heterocycles. The average molecular weight is 546 g/mol. The summed E-state index contributed by atoms with van der Waals surface area (Å²) >= 11 is 6.38. The molecule has 3 aromatic rings. The Labute approximate surface area is 227 Å². The highest BCUT2D eigenvalue weighted by molar-refractivity contribution is 6.30. The van der Waals surface area contributed by atoms with Crippen LogP contribution in [0.2, 0.25) is 5.02 Å². The molecule has 2 unspecified atom stereocenters. The molecule has 1 aromatic heterocycles. The second-order valence-corrected chi connectivity index (χ2v) is 11.3. The summed E-state index contributed by atoms with van der Waals surface area (Å²) in [5.41, 5.74) is 5.61. The highest BCUT2D eigenvalue weighted by Gasteiger charge is 2.33. The molecule has 2 aromatic carbocycles. The fraction of sp³-hybridized carbons (Fsp3) is 0.452. The minimum atomic E-state index is -4.40. The van der Waals surface area contributed by atoms with Crippen LogP contribution in [0.5, 0.6) is 0 Å². The van der Waals surface area contributed by atoms with Crippen molar-refractivity contribution in [2.24, 2.45) is 5.92 Å². The van der Waals surface area contributed by atoms with E-state index < -0.39 is 17.7 Å². The number of aromatic nitrogens is 1. The van der Waals surface area contributed by atoms with E-state index >= 15 is 0 Å². The van der Waals surface area contributed by atoms with E-state index in [2.05, 4.69) is 31.5 Å². The van der Waals surface area contributed by atoms with Crippen molar-refractivity contribution < 1.29 is 23.1 Å². The van der Waals surface area contributed by atoms with Crippen molar-refractivity contribution >= 4 is 17.6 Å². The molecule has 4 rings (SSSR count). The molecule has 204 valence electrons.